The van der Waals surface area contributed by atoms with Gasteiger partial charge < -0.3 is 10.5 Å². The molecule has 1 saturated heterocycles. The Morgan fingerprint density at radius 2 is 2.06 bits per heavy atom. The number of amides is 1. The minimum Gasteiger partial charge on any atom is -0.434 e. The van der Waals surface area contributed by atoms with Crippen LogP contribution < -0.4 is 10.6 Å². The molecule has 1 amide bonds. The zero-order chi connectivity index (χ0) is 13.5. The Morgan fingerprint density at radius 1 is 1.39 bits per heavy atom. The Labute approximate surface area is 98.9 Å². The van der Waals surface area contributed by atoms with Gasteiger partial charge in [0.15, 0.2) is 0 Å². The van der Waals surface area contributed by atoms with Gasteiger partial charge in [0.25, 0.3) is 0 Å². The van der Waals surface area contributed by atoms with Gasteiger partial charge in [-0.15, -0.1) is 0 Å². The average molecular weight is 264 g/mol. The lowest BCUT2D eigenvalue weighted by Crippen LogP contribution is -2.33. The molecule has 1 aromatic rings. The van der Waals surface area contributed by atoms with Crippen LogP contribution in [-0.2, 0) is 4.74 Å². The van der Waals surface area contributed by atoms with Gasteiger partial charge in [-0.1, -0.05) is 0 Å². The van der Waals surface area contributed by atoms with Crippen LogP contribution in [-0.4, -0.2) is 24.9 Å². The second-order valence-electron chi connectivity index (χ2n) is 3.73. The predicted octanol–water partition coefficient (Wildman–Crippen LogP) is 2.30. The molecule has 4 nitrogen and oxygen atoms in total. The first-order chi connectivity index (χ1) is 8.29. The highest BCUT2D eigenvalue weighted by molar-refractivity contribution is 5.93. The fraction of sp³-hybridized carbons (Fsp3) is 0.300. The van der Waals surface area contributed by atoms with Crippen molar-refractivity contribution in [3.63, 3.8) is 0 Å². The quantitative estimate of drug-likeness (QED) is 0.625. The average Bonchev–Trinajstić information content (AvgIpc) is 2.60. The summed E-state index contributed by atoms with van der Waals surface area (Å²) < 4.78 is 54.2. The van der Waals surface area contributed by atoms with E-state index in [9.17, 15) is 22.4 Å². The first-order valence-electron chi connectivity index (χ1n) is 4.89. The summed E-state index contributed by atoms with van der Waals surface area (Å²) in [6.07, 6.45) is -8.00. The summed E-state index contributed by atoms with van der Waals surface area (Å²) in [6.45, 7) is -0.696. The molecule has 1 fully saturated rings. The maximum absolute atomic E-state index is 12.8. The molecule has 0 bridgehead atoms. The zero-order valence-electron chi connectivity index (χ0n) is 8.87. The molecule has 18 heavy (non-hydrogen) atoms. The second kappa shape index (κ2) is 4.04. The summed E-state index contributed by atoms with van der Waals surface area (Å²) in [6, 6.07) is 3.05. The van der Waals surface area contributed by atoms with Crippen LogP contribution in [0.25, 0.3) is 0 Å². The van der Waals surface area contributed by atoms with Gasteiger partial charge in [-0.2, -0.15) is 13.2 Å². The lowest BCUT2D eigenvalue weighted by atomic mass is 10.2. The Bertz CT molecular complexity index is 489. The predicted molar refractivity (Wildman–Crippen MR) is 54.5 cm³/mol. The van der Waals surface area contributed by atoms with E-state index in [1.165, 1.54) is 0 Å². The molecule has 1 aliphatic heterocycles. The van der Waals surface area contributed by atoms with Crippen LogP contribution in [0.3, 0.4) is 0 Å². The highest BCUT2D eigenvalue weighted by Crippen LogP contribution is 2.33. The number of rotatable bonds is 1. The summed E-state index contributed by atoms with van der Waals surface area (Å²) in [5, 5.41) is 0. The van der Waals surface area contributed by atoms with Crippen molar-refractivity contribution in [3.8, 4) is 0 Å². The fourth-order valence-electron chi connectivity index (χ4n) is 1.60. The topological polar surface area (TPSA) is 55.6 Å². The van der Waals surface area contributed by atoms with Crippen molar-refractivity contribution in [2.24, 2.45) is 0 Å². The molecule has 98 valence electrons. The van der Waals surface area contributed by atoms with Crippen molar-refractivity contribution in [3.05, 3.63) is 24.0 Å². The van der Waals surface area contributed by atoms with E-state index in [1.807, 2.05) is 0 Å². The number of cyclic esters (lactones) is 1. The Balaban J connectivity index is 2.27. The van der Waals surface area contributed by atoms with Crippen LogP contribution in [0.5, 0.6) is 0 Å². The Hall–Kier alpha value is -1.99. The summed E-state index contributed by atoms with van der Waals surface area (Å²) in [5.41, 5.74) is 5.31. The first kappa shape index (κ1) is 12.5. The molecule has 0 spiro atoms. The second-order valence-corrected chi connectivity index (χ2v) is 3.73. The molecule has 0 aliphatic carbocycles. The lowest BCUT2D eigenvalue weighted by Gasteiger charge is -2.15. The molecule has 1 aliphatic rings. The maximum atomic E-state index is 12.8. The third-order valence-electron chi connectivity index (χ3n) is 2.46. The summed E-state index contributed by atoms with van der Waals surface area (Å²) >= 11 is 0. The van der Waals surface area contributed by atoms with Crippen LogP contribution >= 0.6 is 0 Å². The van der Waals surface area contributed by atoms with Crippen LogP contribution in [0, 0.1) is 5.82 Å². The number of benzene rings is 1. The van der Waals surface area contributed by atoms with E-state index in [0.717, 1.165) is 23.1 Å². The number of alkyl halides is 3. The van der Waals surface area contributed by atoms with E-state index in [2.05, 4.69) is 4.74 Å². The van der Waals surface area contributed by atoms with Gasteiger partial charge in [-0.05, 0) is 18.2 Å². The van der Waals surface area contributed by atoms with Crippen molar-refractivity contribution in [2.45, 2.75) is 12.3 Å². The van der Waals surface area contributed by atoms with Gasteiger partial charge in [0.1, 0.15) is 5.82 Å². The largest absolute Gasteiger partial charge is 0.434 e. The van der Waals surface area contributed by atoms with E-state index in [1.54, 1.807) is 0 Å². The number of nitrogen functional groups attached to an aromatic ring is 1. The molecular formula is C10H8F4N2O2. The Kier molecular flexibility index (Phi) is 2.80. The number of carbonyl (C=O) groups is 1. The molecule has 1 unspecified atom stereocenters. The van der Waals surface area contributed by atoms with E-state index in [4.69, 9.17) is 5.73 Å². The number of halogens is 4. The summed E-state index contributed by atoms with van der Waals surface area (Å²) in [7, 11) is 0. The van der Waals surface area contributed by atoms with Crippen molar-refractivity contribution >= 4 is 17.5 Å². The van der Waals surface area contributed by atoms with E-state index in [0.29, 0.717) is 0 Å². The van der Waals surface area contributed by atoms with Crippen molar-refractivity contribution in [2.75, 3.05) is 17.2 Å². The van der Waals surface area contributed by atoms with Gasteiger partial charge in [-0.25, -0.2) is 9.18 Å². The number of ether oxygens (including phenoxy) is 1. The van der Waals surface area contributed by atoms with Crippen molar-refractivity contribution < 1.29 is 27.1 Å². The van der Waals surface area contributed by atoms with Crippen molar-refractivity contribution in [1.82, 2.24) is 0 Å². The van der Waals surface area contributed by atoms with Crippen LogP contribution in [0.2, 0.25) is 0 Å². The minimum atomic E-state index is -4.64. The monoisotopic (exact) mass is 264 g/mol. The molecule has 0 radical (unpaired) electrons. The molecule has 1 atom stereocenters. The number of carbonyl (C=O) groups excluding carboxylic acids is 1. The minimum absolute atomic E-state index is 0.00634. The zero-order valence-corrected chi connectivity index (χ0v) is 8.87. The molecule has 1 heterocycles. The van der Waals surface area contributed by atoms with Crippen molar-refractivity contribution in [1.29, 1.82) is 0 Å². The third kappa shape index (κ3) is 2.18. The maximum Gasteiger partial charge on any atom is 0.427 e. The number of hydrogen-bond acceptors (Lipinski definition) is 3. The van der Waals surface area contributed by atoms with Gasteiger partial charge in [0, 0.05) is 0 Å². The molecule has 1 aromatic carbocycles. The van der Waals surface area contributed by atoms with Crippen LogP contribution in [0.1, 0.15) is 0 Å². The van der Waals surface area contributed by atoms with Crippen LogP contribution in [0.4, 0.5) is 33.7 Å². The number of hydrogen-bond donors (Lipinski definition) is 1. The first-order valence-corrected chi connectivity index (χ1v) is 4.89. The molecule has 0 aromatic heterocycles. The standard InChI is InChI=1S/C10H8F4N2O2/c11-5-1-2-7(6(15)3-5)16-4-8(10(12,13)14)18-9(16)17/h1-3,8H,4,15H2. The van der Waals surface area contributed by atoms with Gasteiger partial charge >= 0.3 is 12.3 Å². The van der Waals surface area contributed by atoms with Gasteiger partial charge in [0.2, 0.25) is 6.10 Å². The highest BCUT2D eigenvalue weighted by atomic mass is 19.4. The fourth-order valence-corrected chi connectivity index (χ4v) is 1.60. The van der Waals surface area contributed by atoms with E-state index < -0.39 is 30.7 Å². The number of nitrogens with two attached hydrogens (primary N) is 1. The highest BCUT2D eigenvalue weighted by Gasteiger charge is 2.49. The number of nitrogens with zero attached hydrogens (tertiary/aromatic N) is 1. The lowest BCUT2D eigenvalue weighted by molar-refractivity contribution is -0.191. The number of anilines is 2. The molecule has 0 saturated carbocycles. The van der Waals surface area contributed by atoms with Gasteiger partial charge in [-0.3, -0.25) is 4.90 Å². The molecule has 8 heteroatoms. The smallest absolute Gasteiger partial charge is 0.427 e. The van der Waals surface area contributed by atoms with Crippen LogP contribution in [0.15, 0.2) is 18.2 Å². The molecular weight excluding hydrogens is 256 g/mol. The van der Waals surface area contributed by atoms with Gasteiger partial charge in [0.05, 0.1) is 17.9 Å². The summed E-state index contributed by atoms with van der Waals surface area (Å²) in [4.78, 5) is 12.1. The third-order valence-corrected chi connectivity index (χ3v) is 2.46. The summed E-state index contributed by atoms with van der Waals surface area (Å²) in [5.74, 6) is -0.642. The van der Waals surface area contributed by atoms with E-state index in [-0.39, 0.29) is 11.4 Å². The molecule has 2 rings (SSSR count). The SMILES string of the molecule is Nc1cc(F)ccc1N1CC(C(F)(F)F)OC1=O. The Morgan fingerprint density at radius 3 is 2.56 bits per heavy atom. The normalized spacial score (nSPS) is 20.1. The molecule has 2 N–H and O–H groups in total. The van der Waals surface area contributed by atoms with E-state index >= 15 is 0 Å².